The number of carbonyl (C=O) groups excluding carboxylic acids is 2. The smallest absolute Gasteiger partial charge is 0.236 e. The summed E-state index contributed by atoms with van der Waals surface area (Å²) in [6.07, 6.45) is 0. The van der Waals surface area contributed by atoms with Crippen LogP contribution in [0.1, 0.15) is 32.4 Å². The number of nitrogens with zero attached hydrogens (tertiary/aromatic N) is 1. The van der Waals surface area contributed by atoms with Gasteiger partial charge in [-0.15, -0.1) is 0 Å². The minimum Gasteiger partial charge on any atom is -0.327 e. The van der Waals surface area contributed by atoms with E-state index < -0.39 is 5.92 Å². The summed E-state index contributed by atoms with van der Waals surface area (Å²) < 4.78 is 0. The molecule has 1 amide bonds. The van der Waals surface area contributed by atoms with Crippen molar-refractivity contribution >= 4 is 11.7 Å². The Morgan fingerprint density at radius 2 is 1.84 bits per heavy atom. The summed E-state index contributed by atoms with van der Waals surface area (Å²) in [6.45, 7) is 9.26. The predicted octanol–water partition coefficient (Wildman–Crippen LogP) is 2.74. The molecule has 19 heavy (non-hydrogen) atoms. The van der Waals surface area contributed by atoms with Crippen molar-refractivity contribution in [1.29, 1.82) is 0 Å². The Kier molecular flexibility index (Phi) is 3.56. The van der Waals surface area contributed by atoms with Crippen LogP contribution in [0.5, 0.6) is 0 Å². The molecule has 0 bridgehead atoms. The van der Waals surface area contributed by atoms with Crippen molar-refractivity contribution < 1.29 is 9.59 Å². The van der Waals surface area contributed by atoms with Gasteiger partial charge in [-0.2, -0.15) is 0 Å². The number of amides is 1. The Morgan fingerprint density at radius 3 is 2.32 bits per heavy atom. The van der Waals surface area contributed by atoms with Gasteiger partial charge in [0.15, 0.2) is 0 Å². The van der Waals surface area contributed by atoms with E-state index in [9.17, 15) is 9.59 Å². The van der Waals surface area contributed by atoms with Gasteiger partial charge in [0.1, 0.15) is 11.7 Å². The van der Waals surface area contributed by atoms with Crippen molar-refractivity contribution in [2.45, 2.75) is 32.9 Å². The van der Waals surface area contributed by atoms with E-state index in [1.165, 1.54) is 6.92 Å². The molecule has 0 radical (unpaired) electrons. The Labute approximate surface area is 113 Å². The van der Waals surface area contributed by atoms with Crippen LogP contribution in [0.4, 0.5) is 0 Å². The van der Waals surface area contributed by atoms with Crippen LogP contribution in [0, 0.1) is 5.92 Å². The van der Waals surface area contributed by atoms with Gasteiger partial charge in [-0.1, -0.05) is 42.5 Å². The van der Waals surface area contributed by atoms with E-state index in [1.807, 2.05) is 44.2 Å². The molecule has 3 nitrogen and oxygen atoms in total. The number of rotatable bonds is 4. The minimum atomic E-state index is -0.538. The first-order valence-corrected chi connectivity index (χ1v) is 6.48. The summed E-state index contributed by atoms with van der Waals surface area (Å²) in [7, 11) is 0. The standard InChI is InChI=1S/C16H19NO2/c1-10(2)15-14(12(4)18)16(19)17(15)11(3)13-8-6-5-7-9-13/h5-9,11,14-15H,1H2,2-4H3/t11?,14-,15-/m0/s1. The predicted molar refractivity (Wildman–Crippen MR) is 74.5 cm³/mol. The first kappa shape index (κ1) is 13.5. The molecule has 0 aromatic heterocycles. The van der Waals surface area contributed by atoms with Gasteiger partial charge in [-0.3, -0.25) is 9.59 Å². The molecule has 0 N–H and O–H groups in total. The monoisotopic (exact) mass is 257 g/mol. The number of carbonyl (C=O) groups is 2. The molecule has 1 aliphatic rings. The number of β-lactam (4-membered cyclic amide) rings is 1. The van der Waals surface area contributed by atoms with Crippen LogP contribution in [-0.4, -0.2) is 22.6 Å². The number of benzene rings is 1. The highest BCUT2D eigenvalue weighted by molar-refractivity contribution is 6.06. The minimum absolute atomic E-state index is 0.0361. The van der Waals surface area contributed by atoms with Gasteiger partial charge in [-0.05, 0) is 26.3 Å². The molecule has 0 aliphatic carbocycles. The molecular formula is C16H19NO2. The number of hydrogen-bond donors (Lipinski definition) is 0. The molecule has 1 heterocycles. The zero-order chi connectivity index (χ0) is 14.2. The molecule has 3 atom stereocenters. The molecular weight excluding hydrogens is 238 g/mol. The normalized spacial score (nSPS) is 23.7. The van der Waals surface area contributed by atoms with Crippen LogP contribution in [0.3, 0.4) is 0 Å². The SMILES string of the molecule is C=C(C)[C@H]1[C@H](C(C)=O)C(=O)N1C(C)c1ccccc1. The van der Waals surface area contributed by atoms with Crippen molar-refractivity contribution in [3.8, 4) is 0 Å². The van der Waals surface area contributed by atoms with Crippen molar-refractivity contribution in [3.05, 3.63) is 48.0 Å². The summed E-state index contributed by atoms with van der Waals surface area (Å²) in [5.74, 6) is -0.699. The number of hydrogen-bond acceptors (Lipinski definition) is 2. The Morgan fingerprint density at radius 1 is 1.26 bits per heavy atom. The number of ketones is 1. The van der Waals surface area contributed by atoms with E-state index >= 15 is 0 Å². The molecule has 0 spiro atoms. The second-order valence-electron chi connectivity index (χ2n) is 5.21. The van der Waals surface area contributed by atoms with Crippen LogP contribution < -0.4 is 0 Å². The summed E-state index contributed by atoms with van der Waals surface area (Å²) >= 11 is 0. The highest BCUT2D eigenvalue weighted by Crippen LogP contribution is 2.39. The molecule has 1 aromatic rings. The Hall–Kier alpha value is -1.90. The Bertz CT molecular complexity index is 521. The van der Waals surface area contributed by atoms with Crippen molar-refractivity contribution in [3.63, 3.8) is 0 Å². The lowest BCUT2D eigenvalue weighted by molar-refractivity contribution is -0.161. The first-order valence-electron chi connectivity index (χ1n) is 6.48. The lowest BCUT2D eigenvalue weighted by Crippen LogP contribution is -2.64. The van der Waals surface area contributed by atoms with E-state index in [1.54, 1.807) is 4.90 Å². The summed E-state index contributed by atoms with van der Waals surface area (Å²) in [5, 5.41) is 0. The number of Topliss-reactive ketones (excluding diaryl/α,β-unsaturated/α-hetero) is 1. The fourth-order valence-electron chi connectivity index (χ4n) is 2.75. The highest BCUT2D eigenvalue weighted by atomic mass is 16.2. The van der Waals surface area contributed by atoms with Crippen LogP contribution >= 0.6 is 0 Å². The Balaban J connectivity index is 2.27. The molecule has 1 unspecified atom stereocenters. The van der Waals surface area contributed by atoms with E-state index in [2.05, 4.69) is 6.58 Å². The van der Waals surface area contributed by atoms with Gasteiger partial charge in [0.25, 0.3) is 0 Å². The molecule has 1 saturated heterocycles. The third-order valence-corrected chi connectivity index (χ3v) is 3.78. The fraction of sp³-hybridized carbons (Fsp3) is 0.375. The maximum Gasteiger partial charge on any atom is 0.236 e. The molecule has 2 rings (SSSR count). The van der Waals surface area contributed by atoms with Crippen molar-refractivity contribution in [2.75, 3.05) is 0 Å². The number of likely N-dealkylation sites (tertiary alicyclic amines) is 1. The zero-order valence-electron chi connectivity index (χ0n) is 11.6. The maximum atomic E-state index is 12.2. The highest BCUT2D eigenvalue weighted by Gasteiger charge is 2.52. The quantitative estimate of drug-likeness (QED) is 0.472. The van der Waals surface area contributed by atoms with Crippen molar-refractivity contribution in [1.82, 2.24) is 4.90 Å². The summed E-state index contributed by atoms with van der Waals surface area (Å²) in [4.78, 5) is 25.5. The van der Waals surface area contributed by atoms with Gasteiger partial charge in [0, 0.05) is 0 Å². The van der Waals surface area contributed by atoms with Crippen LogP contribution in [0.25, 0.3) is 0 Å². The molecule has 1 aromatic carbocycles. The largest absolute Gasteiger partial charge is 0.327 e. The molecule has 1 aliphatic heterocycles. The first-order chi connectivity index (χ1) is 8.95. The topological polar surface area (TPSA) is 37.4 Å². The lowest BCUT2D eigenvalue weighted by atomic mass is 9.79. The van der Waals surface area contributed by atoms with Gasteiger partial charge >= 0.3 is 0 Å². The van der Waals surface area contributed by atoms with Crippen molar-refractivity contribution in [2.24, 2.45) is 5.92 Å². The second-order valence-corrected chi connectivity index (χ2v) is 5.21. The second kappa shape index (κ2) is 5.00. The fourth-order valence-corrected chi connectivity index (χ4v) is 2.75. The molecule has 100 valence electrons. The van der Waals surface area contributed by atoms with E-state index in [0.717, 1.165) is 11.1 Å². The van der Waals surface area contributed by atoms with Gasteiger partial charge in [-0.25, -0.2) is 0 Å². The van der Waals surface area contributed by atoms with Crippen LogP contribution in [-0.2, 0) is 9.59 Å². The molecule has 3 heteroatoms. The molecule has 0 saturated carbocycles. The summed E-state index contributed by atoms with van der Waals surface area (Å²) in [5.41, 5.74) is 1.94. The van der Waals surface area contributed by atoms with E-state index in [4.69, 9.17) is 0 Å². The lowest BCUT2D eigenvalue weighted by Gasteiger charge is -2.50. The van der Waals surface area contributed by atoms with E-state index in [0.29, 0.717) is 0 Å². The van der Waals surface area contributed by atoms with Crippen LogP contribution in [0.15, 0.2) is 42.5 Å². The summed E-state index contributed by atoms with van der Waals surface area (Å²) in [6, 6.07) is 9.64. The average molecular weight is 257 g/mol. The molecule has 1 fully saturated rings. The van der Waals surface area contributed by atoms with Gasteiger partial charge in [0.05, 0.1) is 12.1 Å². The van der Waals surface area contributed by atoms with Gasteiger partial charge in [0.2, 0.25) is 5.91 Å². The van der Waals surface area contributed by atoms with E-state index in [-0.39, 0.29) is 23.8 Å². The average Bonchev–Trinajstić information content (AvgIpc) is 2.35. The van der Waals surface area contributed by atoms with Gasteiger partial charge < -0.3 is 4.90 Å². The maximum absolute atomic E-state index is 12.2. The zero-order valence-corrected chi connectivity index (χ0v) is 11.6. The third-order valence-electron chi connectivity index (χ3n) is 3.78. The third kappa shape index (κ3) is 2.21. The van der Waals surface area contributed by atoms with Crippen LogP contribution in [0.2, 0.25) is 0 Å².